The number of quaternary nitrogens is 1. The SMILES string of the molecule is CC/C=C\C/C=C\C/C=C\C/C=C\CCCCCCCCC(=O)OC(COCCCCCCCCCCCCCCC)COP(=O)([O-])OCC[N+](C)(C)C. The maximum Gasteiger partial charge on any atom is 0.306 e. The van der Waals surface area contributed by atoms with Crippen molar-refractivity contribution in [2.24, 2.45) is 0 Å². The number of ether oxygens (including phenoxy) is 2. The molecule has 0 aliphatic carbocycles. The number of carbonyl (C=O) groups is 1. The van der Waals surface area contributed by atoms with E-state index in [9.17, 15) is 14.3 Å². The normalized spacial score (nSPS) is 14.3. The third kappa shape index (κ3) is 41.6. The molecule has 2 unspecified atom stereocenters. The summed E-state index contributed by atoms with van der Waals surface area (Å²) >= 11 is 0. The summed E-state index contributed by atoms with van der Waals surface area (Å²) < 4.78 is 34.6. The van der Waals surface area contributed by atoms with E-state index >= 15 is 0 Å². The third-order valence-corrected chi connectivity index (χ3v) is 10.1. The number of likely N-dealkylation sites (N-methyl/N-ethyl adjacent to an activating group) is 1. The van der Waals surface area contributed by atoms with Gasteiger partial charge in [0.25, 0.3) is 7.82 Å². The van der Waals surface area contributed by atoms with Crippen LogP contribution in [0.1, 0.15) is 174 Å². The van der Waals surface area contributed by atoms with Gasteiger partial charge in [0.05, 0.1) is 34.4 Å². The first-order chi connectivity index (χ1) is 26.1. The number of phosphoric ester groups is 1. The monoisotopic (exact) mass is 782 g/mol. The predicted molar refractivity (Wildman–Crippen MR) is 226 cm³/mol. The zero-order valence-electron chi connectivity index (χ0n) is 35.7. The Morgan fingerprint density at radius 1 is 0.593 bits per heavy atom. The molecule has 0 fully saturated rings. The van der Waals surface area contributed by atoms with Crippen molar-refractivity contribution < 1.29 is 37.3 Å². The van der Waals surface area contributed by atoms with Crippen LogP contribution in [0.4, 0.5) is 0 Å². The molecule has 0 aromatic carbocycles. The Morgan fingerprint density at radius 3 is 1.61 bits per heavy atom. The number of phosphoric acid groups is 1. The summed E-state index contributed by atoms with van der Waals surface area (Å²) in [5.41, 5.74) is 0. The van der Waals surface area contributed by atoms with E-state index < -0.39 is 13.9 Å². The van der Waals surface area contributed by atoms with E-state index in [2.05, 4.69) is 62.5 Å². The highest BCUT2D eigenvalue weighted by Gasteiger charge is 2.20. The lowest BCUT2D eigenvalue weighted by molar-refractivity contribution is -0.870. The molecule has 0 aliphatic rings. The Bertz CT molecular complexity index is 1000. The van der Waals surface area contributed by atoms with Gasteiger partial charge in [-0.15, -0.1) is 0 Å². The van der Waals surface area contributed by atoms with Gasteiger partial charge < -0.3 is 27.9 Å². The van der Waals surface area contributed by atoms with E-state index in [4.69, 9.17) is 18.5 Å². The summed E-state index contributed by atoms with van der Waals surface area (Å²) in [5.74, 6) is -0.348. The molecule has 0 aliphatic heterocycles. The molecule has 8 nitrogen and oxygen atoms in total. The van der Waals surface area contributed by atoms with Crippen molar-refractivity contribution in [1.82, 2.24) is 0 Å². The van der Waals surface area contributed by atoms with E-state index in [1.54, 1.807) is 0 Å². The van der Waals surface area contributed by atoms with Gasteiger partial charge in [-0.05, 0) is 51.4 Å². The number of hydrogen-bond acceptors (Lipinski definition) is 7. The van der Waals surface area contributed by atoms with Gasteiger partial charge in [0, 0.05) is 13.0 Å². The van der Waals surface area contributed by atoms with Gasteiger partial charge >= 0.3 is 5.97 Å². The van der Waals surface area contributed by atoms with Crippen LogP contribution in [0.5, 0.6) is 0 Å². The van der Waals surface area contributed by atoms with Crippen molar-refractivity contribution in [2.45, 2.75) is 180 Å². The van der Waals surface area contributed by atoms with Gasteiger partial charge in [-0.25, -0.2) is 0 Å². The zero-order chi connectivity index (χ0) is 39.9. The van der Waals surface area contributed by atoms with Crippen molar-refractivity contribution in [1.29, 1.82) is 0 Å². The fourth-order valence-corrected chi connectivity index (χ4v) is 6.50. The first kappa shape index (κ1) is 52.5. The third-order valence-electron chi connectivity index (χ3n) is 9.14. The molecule has 0 saturated heterocycles. The van der Waals surface area contributed by atoms with Gasteiger partial charge in [0.1, 0.15) is 19.3 Å². The summed E-state index contributed by atoms with van der Waals surface area (Å²) in [6.45, 7) is 5.29. The Morgan fingerprint density at radius 2 is 1.07 bits per heavy atom. The van der Waals surface area contributed by atoms with Gasteiger partial charge in [-0.1, -0.05) is 165 Å². The lowest BCUT2D eigenvalue weighted by atomic mass is 10.0. The lowest BCUT2D eigenvalue weighted by Gasteiger charge is -2.28. The molecule has 0 heterocycles. The molecule has 0 N–H and O–H groups in total. The number of unbranched alkanes of at least 4 members (excludes halogenated alkanes) is 18. The molecular weight excluding hydrogens is 697 g/mol. The number of nitrogens with zero attached hydrogens (tertiary/aromatic N) is 1. The molecule has 0 rings (SSSR count). The quantitative estimate of drug-likeness (QED) is 0.0201. The lowest BCUT2D eigenvalue weighted by Crippen LogP contribution is -2.37. The maximum absolute atomic E-state index is 12.7. The second-order valence-electron chi connectivity index (χ2n) is 15.7. The molecule has 0 bridgehead atoms. The Labute approximate surface area is 333 Å². The first-order valence-electron chi connectivity index (χ1n) is 21.9. The molecule has 9 heteroatoms. The maximum atomic E-state index is 12.7. The Balaban J connectivity index is 4.25. The van der Waals surface area contributed by atoms with Crippen molar-refractivity contribution in [3.05, 3.63) is 48.6 Å². The molecule has 316 valence electrons. The number of allylic oxidation sites excluding steroid dienone is 8. The second kappa shape index (κ2) is 38.3. The highest BCUT2D eigenvalue weighted by Crippen LogP contribution is 2.38. The van der Waals surface area contributed by atoms with E-state index in [-0.39, 0.29) is 25.8 Å². The van der Waals surface area contributed by atoms with Crippen LogP contribution in [0.25, 0.3) is 0 Å². The molecule has 0 amide bonds. The van der Waals surface area contributed by atoms with Crippen LogP contribution in [-0.2, 0) is 27.9 Å². The Hall–Kier alpha value is -1.54. The van der Waals surface area contributed by atoms with Gasteiger partial charge in [-0.3, -0.25) is 9.36 Å². The summed E-state index contributed by atoms with van der Waals surface area (Å²) in [7, 11) is 1.34. The minimum absolute atomic E-state index is 0.0225. The molecule has 0 aromatic rings. The van der Waals surface area contributed by atoms with E-state index in [1.165, 1.54) is 83.5 Å². The molecule has 0 aromatic heterocycles. The fourth-order valence-electron chi connectivity index (χ4n) is 5.77. The van der Waals surface area contributed by atoms with E-state index in [0.29, 0.717) is 24.1 Å². The van der Waals surface area contributed by atoms with Crippen molar-refractivity contribution in [3.63, 3.8) is 0 Å². The number of esters is 1. The van der Waals surface area contributed by atoms with Gasteiger partial charge in [-0.2, -0.15) is 0 Å². The minimum Gasteiger partial charge on any atom is -0.756 e. The largest absolute Gasteiger partial charge is 0.756 e. The average Bonchev–Trinajstić information content (AvgIpc) is 3.12. The van der Waals surface area contributed by atoms with Crippen LogP contribution >= 0.6 is 7.82 Å². The zero-order valence-corrected chi connectivity index (χ0v) is 36.6. The molecule has 0 spiro atoms. The number of rotatable bonds is 40. The predicted octanol–water partition coefficient (Wildman–Crippen LogP) is 12.1. The molecule has 0 radical (unpaired) electrons. The highest BCUT2D eigenvalue weighted by molar-refractivity contribution is 7.45. The topological polar surface area (TPSA) is 94.1 Å². The van der Waals surface area contributed by atoms with E-state index in [0.717, 1.165) is 70.6 Å². The summed E-state index contributed by atoms with van der Waals surface area (Å²) in [6.07, 6.45) is 45.4. The van der Waals surface area contributed by atoms with Crippen LogP contribution in [0, 0.1) is 0 Å². The van der Waals surface area contributed by atoms with Crippen molar-refractivity contribution >= 4 is 13.8 Å². The molecule has 0 saturated carbocycles. The van der Waals surface area contributed by atoms with Crippen LogP contribution in [0.3, 0.4) is 0 Å². The van der Waals surface area contributed by atoms with Crippen LogP contribution < -0.4 is 4.89 Å². The first-order valence-corrected chi connectivity index (χ1v) is 23.3. The average molecular weight is 782 g/mol. The number of hydrogen-bond donors (Lipinski definition) is 0. The van der Waals surface area contributed by atoms with Crippen LogP contribution in [0.2, 0.25) is 0 Å². The highest BCUT2D eigenvalue weighted by atomic mass is 31.2. The summed E-state index contributed by atoms with van der Waals surface area (Å²) in [6, 6.07) is 0. The molecular formula is C45H84NO7P. The smallest absolute Gasteiger partial charge is 0.306 e. The van der Waals surface area contributed by atoms with Crippen LogP contribution in [-0.4, -0.2) is 70.7 Å². The van der Waals surface area contributed by atoms with Gasteiger partial charge in [0.2, 0.25) is 0 Å². The fraction of sp³-hybridized carbons (Fsp3) is 0.800. The number of carbonyl (C=O) groups excluding carboxylic acids is 1. The summed E-state index contributed by atoms with van der Waals surface area (Å²) in [5, 5.41) is 0. The van der Waals surface area contributed by atoms with Crippen molar-refractivity contribution in [2.75, 3.05) is 54.1 Å². The minimum atomic E-state index is -4.53. The Kier molecular flexibility index (Phi) is 37.2. The standard InChI is InChI=1S/C45H84NO7P/c1-6-8-10-12-14-16-18-20-21-22-23-24-25-26-28-30-32-34-36-38-45(47)53-44(43-52-54(48,49)51-41-39-46(3,4)5)42-50-40-37-35-33-31-29-27-19-17-15-13-11-9-7-2/h8,10,14,16,20-21,23-24,44H,6-7,9,11-13,15,17-19,22,25-43H2,1-5H3/b10-8-,16-14-,21-20-,24-23-. The second-order valence-corrected chi connectivity index (χ2v) is 17.1. The molecule has 2 atom stereocenters. The molecule has 54 heavy (non-hydrogen) atoms. The van der Waals surface area contributed by atoms with Gasteiger partial charge in [0.15, 0.2) is 0 Å². The van der Waals surface area contributed by atoms with E-state index in [1.807, 2.05) is 21.1 Å². The summed E-state index contributed by atoms with van der Waals surface area (Å²) in [4.78, 5) is 25.0. The van der Waals surface area contributed by atoms with Crippen molar-refractivity contribution in [3.8, 4) is 0 Å². The van der Waals surface area contributed by atoms with Crippen LogP contribution in [0.15, 0.2) is 48.6 Å².